The first-order valence-corrected chi connectivity index (χ1v) is 9.78. The van der Waals surface area contributed by atoms with Crippen LogP contribution in [0.15, 0.2) is 26.9 Å². The van der Waals surface area contributed by atoms with Crippen molar-refractivity contribution in [1.82, 2.24) is 4.72 Å². The molecule has 0 fully saturated rings. The minimum Gasteiger partial charge on any atom is -0.266 e. The lowest BCUT2D eigenvalue weighted by atomic mass is 10.2. The Balaban J connectivity index is 2.49. The van der Waals surface area contributed by atoms with Gasteiger partial charge in [0.1, 0.15) is 10.7 Å². The maximum Gasteiger partial charge on any atom is 0.265 e. The molecular weight excluding hydrogens is 328 g/mol. The lowest BCUT2D eigenvalue weighted by Gasteiger charge is -2.20. The van der Waals surface area contributed by atoms with Crippen LogP contribution in [0.1, 0.15) is 32.3 Å². The molecule has 0 bridgehead atoms. The number of thioether (sulfide) groups is 1. The number of benzene rings is 1. The van der Waals surface area contributed by atoms with Crippen LogP contribution in [0, 0.1) is 6.92 Å². The largest absolute Gasteiger partial charge is 0.266 e. The SMILES string of the molecule is CCC(CC)Sc1cc2c(cc1C)N=C(CCl)NS2(=O)=O. The van der Waals surface area contributed by atoms with E-state index in [2.05, 4.69) is 23.6 Å². The third-order valence-electron chi connectivity index (χ3n) is 3.38. The Bertz CT molecular complexity index is 668. The predicted octanol–water partition coefficient (Wildman–Crippen LogP) is 3.84. The van der Waals surface area contributed by atoms with Crippen molar-refractivity contribution in [1.29, 1.82) is 0 Å². The maximum absolute atomic E-state index is 12.3. The summed E-state index contributed by atoms with van der Waals surface area (Å²) in [7, 11) is -3.57. The van der Waals surface area contributed by atoms with E-state index in [1.807, 2.05) is 13.0 Å². The Labute approximate surface area is 135 Å². The number of rotatable bonds is 5. The minimum atomic E-state index is -3.57. The van der Waals surface area contributed by atoms with Gasteiger partial charge in [0.25, 0.3) is 10.0 Å². The Morgan fingerprint density at radius 2 is 2.00 bits per heavy atom. The van der Waals surface area contributed by atoms with E-state index in [1.165, 1.54) is 0 Å². The standard InChI is InChI=1S/C14H19ClN2O2S2/c1-4-10(5-2)20-12-7-13-11(6-9(12)3)16-14(8-15)17-21(13,18)19/h6-7,10H,4-5,8H2,1-3H3,(H,16,17). The Morgan fingerprint density at radius 1 is 1.33 bits per heavy atom. The highest BCUT2D eigenvalue weighted by Gasteiger charge is 2.26. The van der Waals surface area contributed by atoms with Crippen molar-refractivity contribution >= 4 is 44.9 Å². The topological polar surface area (TPSA) is 58.5 Å². The van der Waals surface area contributed by atoms with Gasteiger partial charge < -0.3 is 0 Å². The summed E-state index contributed by atoms with van der Waals surface area (Å²) in [6, 6.07) is 3.55. The number of hydrogen-bond donors (Lipinski definition) is 1. The maximum atomic E-state index is 12.3. The van der Waals surface area contributed by atoms with E-state index < -0.39 is 10.0 Å². The minimum absolute atomic E-state index is 0.0436. The average molecular weight is 347 g/mol. The molecule has 0 aliphatic carbocycles. The highest BCUT2D eigenvalue weighted by atomic mass is 35.5. The molecule has 0 atom stereocenters. The molecule has 0 radical (unpaired) electrons. The molecule has 116 valence electrons. The number of amidine groups is 1. The number of nitrogens with zero attached hydrogens (tertiary/aromatic N) is 1. The van der Waals surface area contributed by atoms with Gasteiger partial charge in [0, 0.05) is 10.1 Å². The fourth-order valence-electron chi connectivity index (χ4n) is 2.15. The van der Waals surface area contributed by atoms with Crippen LogP contribution in [0.3, 0.4) is 0 Å². The monoisotopic (exact) mass is 346 g/mol. The van der Waals surface area contributed by atoms with E-state index in [4.69, 9.17) is 11.6 Å². The van der Waals surface area contributed by atoms with Crippen LogP contribution >= 0.6 is 23.4 Å². The van der Waals surface area contributed by atoms with Crippen molar-refractivity contribution in [2.24, 2.45) is 4.99 Å². The van der Waals surface area contributed by atoms with Gasteiger partial charge in [0.15, 0.2) is 0 Å². The second-order valence-corrected chi connectivity index (χ2v) is 8.20. The average Bonchev–Trinajstić information content (AvgIpc) is 2.44. The number of sulfonamides is 1. The highest BCUT2D eigenvalue weighted by molar-refractivity contribution is 8.00. The van der Waals surface area contributed by atoms with Crippen molar-refractivity contribution in [2.75, 3.05) is 5.88 Å². The van der Waals surface area contributed by atoms with Gasteiger partial charge in [-0.1, -0.05) is 13.8 Å². The third-order valence-corrected chi connectivity index (χ3v) is 6.74. The molecule has 1 aliphatic heterocycles. The molecule has 7 heteroatoms. The number of aryl methyl sites for hydroxylation is 1. The van der Waals surface area contributed by atoms with E-state index >= 15 is 0 Å². The van der Waals surface area contributed by atoms with Gasteiger partial charge in [0.05, 0.1) is 11.6 Å². The fourth-order valence-corrected chi connectivity index (χ4v) is 4.75. The van der Waals surface area contributed by atoms with Crippen LogP contribution in [-0.2, 0) is 10.0 Å². The molecule has 1 aromatic rings. The molecule has 1 aromatic carbocycles. The molecule has 1 aliphatic rings. The molecule has 1 N–H and O–H groups in total. The lowest BCUT2D eigenvalue weighted by Crippen LogP contribution is -2.34. The molecule has 0 saturated heterocycles. The second kappa shape index (κ2) is 6.58. The van der Waals surface area contributed by atoms with Crippen molar-refractivity contribution in [3.63, 3.8) is 0 Å². The summed E-state index contributed by atoms with van der Waals surface area (Å²) < 4.78 is 26.9. The van der Waals surface area contributed by atoms with Gasteiger partial charge in [-0.2, -0.15) is 0 Å². The molecule has 2 rings (SSSR count). The summed E-state index contributed by atoms with van der Waals surface area (Å²) in [5.41, 5.74) is 1.51. The zero-order valence-electron chi connectivity index (χ0n) is 12.3. The van der Waals surface area contributed by atoms with E-state index in [-0.39, 0.29) is 16.6 Å². The summed E-state index contributed by atoms with van der Waals surface area (Å²) >= 11 is 7.42. The van der Waals surface area contributed by atoms with Crippen LogP contribution in [-0.4, -0.2) is 25.4 Å². The van der Waals surface area contributed by atoms with E-state index in [1.54, 1.807) is 17.8 Å². The van der Waals surface area contributed by atoms with Gasteiger partial charge in [-0.3, -0.25) is 4.72 Å². The first-order chi connectivity index (χ1) is 9.91. The lowest BCUT2D eigenvalue weighted by molar-refractivity contribution is 0.591. The molecular formula is C14H19ClN2O2S2. The Kier molecular flexibility index (Phi) is 5.22. The number of aliphatic imine (C=N–C) groups is 1. The summed E-state index contributed by atoms with van der Waals surface area (Å²) in [6.45, 7) is 6.27. The second-order valence-electron chi connectivity index (χ2n) is 4.94. The summed E-state index contributed by atoms with van der Waals surface area (Å²) in [6.07, 6.45) is 2.11. The molecule has 0 spiro atoms. The molecule has 1 heterocycles. The molecule has 4 nitrogen and oxygen atoms in total. The van der Waals surface area contributed by atoms with Gasteiger partial charge in [-0.05, 0) is 37.5 Å². The molecule has 0 aromatic heterocycles. The summed E-state index contributed by atoms with van der Waals surface area (Å²) in [5, 5.41) is 0.489. The van der Waals surface area contributed by atoms with Crippen molar-refractivity contribution in [3.05, 3.63) is 17.7 Å². The zero-order chi connectivity index (χ0) is 15.6. The third kappa shape index (κ3) is 3.55. The van der Waals surface area contributed by atoms with Crippen molar-refractivity contribution in [3.8, 4) is 0 Å². The van der Waals surface area contributed by atoms with E-state index in [9.17, 15) is 8.42 Å². The molecule has 0 amide bonds. The zero-order valence-corrected chi connectivity index (χ0v) is 14.7. The smallest absolute Gasteiger partial charge is 0.265 e. The van der Waals surface area contributed by atoms with Crippen LogP contribution in [0.5, 0.6) is 0 Å². The van der Waals surface area contributed by atoms with Gasteiger partial charge in [-0.25, -0.2) is 13.4 Å². The summed E-state index contributed by atoms with van der Waals surface area (Å²) in [5.74, 6) is 0.311. The predicted molar refractivity (Wildman–Crippen MR) is 89.5 cm³/mol. The number of hydrogen-bond acceptors (Lipinski definition) is 4. The molecule has 0 unspecified atom stereocenters. The first kappa shape index (κ1) is 16.6. The number of nitrogens with one attached hydrogen (secondary N) is 1. The Morgan fingerprint density at radius 3 is 2.57 bits per heavy atom. The van der Waals surface area contributed by atoms with Gasteiger partial charge in [0.2, 0.25) is 0 Å². The molecule has 0 saturated carbocycles. The summed E-state index contributed by atoms with van der Waals surface area (Å²) in [4.78, 5) is 5.50. The number of fused-ring (bicyclic) bond motifs is 1. The first-order valence-electron chi connectivity index (χ1n) is 6.88. The van der Waals surface area contributed by atoms with Crippen LogP contribution in [0.2, 0.25) is 0 Å². The highest BCUT2D eigenvalue weighted by Crippen LogP contribution is 2.37. The van der Waals surface area contributed by atoms with Crippen molar-refractivity contribution < 1.29 is 8.42 Å². The van der Waals surface area contributed by atoms with Crippen LogP contribution in [0.4, 0.5) is 5.69 Å². The molecule has 21 heavy (non-hydrogen) atoms. The van der Waals surface area contributed by atoms with Gasteiger partial charge >= 0.3 is 0 Å². The Hall–Kier alpha value is -0.720. The number of alkyl halides is 1. The van der Waals surface area contributed by atoms with E-state index in [0.29, 0.717) is 10.9 Å². The van der Waals surface area contributed by atoms with Crippen LogP contribution < -0.4 is 4.72 Å². The van der Waals surface area contributed by atoms with Gasteiger partial charge in [-0.15, -0.1) is 23.4 Å². The van der Waals surface area contributed by atoms with Crippen LogP contribution in [0.25, 0.3) is 0 Å². The normalized spacial score (nSPS) is 16.3. The number of halogens is 1. The quantitative estimate of drug-likeness (QED) is 0.651. The van der Waals surface area contributed by atoms with E-state index in [0.717, 1.165) is 23.3 Å². The van der Waals surface area contributed by atoms with Crippen molar-refractivity contribution in [2.45, 2.75) is 48.7 Å². The fraction of sp³-hybridized carbons (Fsp3) is 0.500.